The van der Waals surface area contributed by atoms with Crippen LogP contribution >= 0.6 is 34.0 Å². The van der Waals surface area contributed by atoms with Gasteiger partial charge in [0.15, 0.2) is 10.7 Å². The van der Waals surface area contributed by atoms with Crippen LogP contribution in [0.25, 0.3) is 0 Å². The molecule has 3 aromatic rings. The van der Waals surface area contributed by atoms with Crippen molar-refractivity contribution >= 4 is 54.7 Å². The maximum Gasteiger partial charge on any atom is 0.216 e. The summed E-state index contributed by atoms with van der Waals surface area (Å²) in [6.07, 6.45) is 0. The molecule has 0 aromatic carbocycles. The maximum atomic E-state index is 13.1. The molecule has 158 valence electrons. The Hall–Kier alpha value is -1.08. The number of rotatable bonds is 12. The van der Waals surface area contributed by atoms with Gasteiger partial charge in [-0.05, 0) is 34.3 Å². The third-order valence-corrected chi connectivity index (χ3v) is 9.12. The standard InChI is InChI=1S/C18H22N2O4S5/c21-28(22)15-19(12-16-4-1-8-25-16)7-11-29(23,24)20(13-17-5-2-9-26-17)14-18-6-3-10-27-18/h1-6,8-10,28H,7,11-15H2. The molecule has 0 spiro atoms. The molecule has 0 fully saturated rings. The second kappa shape index (κ2) is 10.8. The fraction of sp³-hybridized carbons (Fsp3) is 0.333. The average molecular weight is 491 g/mol. The van der Waals surface area contributed by atoms with Crippen LogP contribution in [0.1, 0.15) is 14.6 Å². The minimum Gasteiger partial charge on any atom is -0.284 e. The molecule has 0 saturated carbocycles. The lowest BCUT2D eigenvalue weighted by molar-refractivity contribution is 0.323. The van der Waals surface area contributed by atoms with Crippen LogP contribution in [-0.2, 0) is 40.4 Å². The Morgan fingerprint density at radius 3 is 1.69 bits per heavy atom. The Morgan fingerprint density at radius 1 is 0.793 bits per heavy atom. The molecular weight excluding hydrogens is 469 g/mol. The summed E-state index contributed by atoms with van der Waals surface area (Å²) in [5.41, 5.74) is 0. The highest BCUT2D eigenvalue weighted by atomic mass is 32.2. The summed E-state index contributed by atoms with van der Waals surface area (Å²) >= 11 is 4.58. The molecule has 0 amide bonds. The van der Waals surface area contributed by atoms with Crippen molar-refractivity contribution in [2.45, 2.75) is 19.6 Å². The minimum absolute atomic E-state index is 0.127. The van der Waals surface area contributed by atoms with Gasteiger partial charge in [-0.1, -0.05) is 18.2 Å². The Labute approximate surface area is 185 Å². The molecule has 3 heterocycles. The fourth-order valence-electron chi connectivity index (χ4n) is 2.76. The van der Waals surface area contributed by atoms with Gasteiger partial charge < -0.3 is 0 Å². The number of hydrogen-bond acceptors (Lipinski definition) is 8. The van der Waals surface area contributed by atoms with Gasteiger partial charge in [-0.25, -0.2) is 16.8 Å². The predicted molar refractivity (Wildman–Crippen MR) is 122 cm³/mol. The van der Waals surface area contributed by atoms with Gasteiger partial charge in [0.05, 0.1) is 11.6 Å². The van der Waals surface area contributed by atoms with Crippen LogP contribution in [0.15, 0.2) is 52.5 Å². The molecule has 6 nitrogen and oxygen atoms in total. The van der Waals surface area contributed by atoms with Crippen LogP contribution < -0.4 is 0 Å². The monoisotopic (exact) mass is 490 g/mol. The number of nitrogens with zero attached hydrogens (tertiary/aromatic N) is 2. The number of hydrogen-bond donors (Lipinski definition) is 1. The second-order valence-electron chi connectivity index (χ2n) is 6.35. The summed E-state index contributed by atoms with van der Waals surface area (Å²) in [6.45, 7) is 1.22. The van der Waals surface area contributed by atoms with Crippen molar-refractivity contribution in [3.05, 3.63) is 67.2 Å². The van der Waals surface area contributed by atoms with Crippen molar-refractivity contribution in [1.82, 2.24) is 9.21 Å². The fourth-order valence-corrected chi connectivity index (χ4v) is 7.10. The first-order valence-electron chi connectivity index (χ1n) is 8.81. The first-order valence-corrected chi connectivity index (χ1v) is 14.4. The van der Waals surface area contributed by atoms with Gasteiger partial charge >= 0.3 is 0 Å². The second-order valence-corrected chi connectivity index (χ2v) is 12.5. The molecular formula is C18H22N2O4S5. The van der Waals surface area contributed by atoms with E-state index in [1.165, 1.54) is 38.3 Å². The molecule has 3 aromatic heterocycles. The summed E-state index contributed by atoms with van der Waals surface area (Å²) in [7, 11) is -6.20. The van der Waals surface area contributed by atoms with E-state index in [1.807, 2.05) is 52.5 Å². The van der Waals surface area contributed by atoms with Crippen LogP contribution in [0.2, 0.25) is 0 Å². The molecule has 0 N–H and O–H groups in total. The summed E-state index contributed by atoms with van der Waals surface area (Å²) < 4.78 is 50.3. The van der Waals surface area contributed by atoms with E-state index in [0.29, 0.717) is 19.6 Å². The smallest absolute Gasteiger partial charge is 0.216 e. The zero-order valence-corrected chi connectivity index (χ0v) is 19.7. The van der Waals surface area contributed by atoms with Crippen molar-refractivity contribution in [3.8, 4) is 0 Å². The topological polar surface area (TPSA) is 74.8 Å². The molecule has 0 aliphatic rings. The van der Waals surface area contributed by atoms with Crippen molar-refractivity contribution in [2.24, 2.45) is 0 Å². The van der Waals surface area contributed by atoms with Crippen LogP contribution in [0.5, 0.6) is 0 Å². The third-order valence-electron chi connectivity index (χ3n) is 4.16. The van der Waals surface area contributed by atoms with Crippen molar-refractivity contribution < 1.29 is 16.8 Å². The van der Waals surface area contributed by atoms with Crippen molar-refractivity contribution in [3.63, 3.8) is 0 Å². The van der Waals surface area contributed by atoms with E-state index in [0.717, 1.165) is 14.6 Å². The maximum absolute atomic E-state index is 13.1. The number of thiol groups is 1. The molecule has 3 rings (SSSR count). The van der Waals surface area contributed by atoms with Crippen LogP contribution in [-0.4, -0.2) is 44.2 Å². The number of thiophene rings is 3. The van der Waals surface area contributed by atoms with Gasteiger partial charge in [0.1, 0.15) is 0 Å². The normalized spacial score (nSPS) is 12.4. The molecule has 0 bridgehead atoms. The van der Waals surface area contributed by atoms with Gasteiger partial charge in [0, 0.05) is 40.8 Å². The molecule has 11 heteroatoms. The SMILES string of the molecule is O=[SH](=O)CN(CCS(=O)(=O)N(Cc1cccs1)Cc1cccs1)Cc1cccs1. The van der Waals surface area contributed by atoms with Crippen LogP contribution in [0.4, 0.5) is 0 Å². The van der Waals surface area contributed by atoms with E-state index in [1.54, 1.807) is 4.90 Å². The Kier molecular flexibility index (Phi) is 8.42. The Bertz CT molecular complexity index is 982. The van der Waals surface area contributed by atoms with E-state index in [-0.39, 0.29) is 18.2 Å². The average Bonchev–Trinajstić information content (AvgIpc) is 3.42. The molecule has 0 aliphatic carbocycles. The Balaban J connectivity index is 1.71. The molecule has 0 unspecified atom stereocenters. The molecule has 0 radical (unpaired) electrons. The first kappa shape index (κ1) is 22.6. The summed E-state index contributed by atoms with van der Waals surface area (Å²) in [6, 6.07) is 11.5. The van der Waals surface area contributed by atoms with E-state index in [2.05, 4.69) is 0 Å². The lowest BCUT2D eigenvalue weighted by Gasteiger charge is -2.24. The van der Waals surface area contributed by atoms with Gasteiger partial charge in [0.2, 0.25) is 10.0 Å². The summed E-state index contributed by atoms with van der Waals surface area (Å²) in [5, 5.41) is 5.78. The minimum atomic E-state index is -3.57. The lowest BCUT2D eigenvalue weighted by Crippen LogP contribution is -2.37. The van der Waals surface area contributed by atoms with Gasteiger partial charge in [0.25, 0.3) is 0 Å². The molecule has 0 aliphatic heterocycles. The quantitative estimate of drug-likeness (QED) is 0.395. The summed E-state index contributed by atoms with van der Waals surface area (Å²) in [4.78, 5) is 4.63. The summed E-state index contributed by atoms with van der Waals surface area (Å²) in [5.74, 6) is -0.281. The van der Waals surface area contributed by atoms with Crippen LogP contribution in [0.3, 0.4) is 0 Å². The van der Waals surface area contributed by atoms with Crippen LogP contribution in [0, 0.1) is 0 Å². The van der Waals surface area contributed by atoms with E-state index < -0.39 is 20.7 Å². The highest BCUT2D eigenvalue weighted by Gasteiger charge is 2.24. The van der Waals surface area contributed by atoms with Crippen molar-refractivity contribution in [2.75, 3.05) is 18.2 Å². The largest absolute Gasteiger partial charge is 0.284 e. The molecule has 29 heavy (non-hydrogen) atoms. The predicted octanol–water partition coefficient (Wildman–Crippen LogP) is 3.27. The van der Waals surface area contributed by atoms with Crippen molar-refractivity contribution in [1.29, 1.82) is 0 Å². The van der Waals surface area contributed by atoms with E-state index >= 15 is 0 Å². The number of sulfonamides is 1. The Morgan fingerprint density at radius 2 is 1.28 bits per heavy atom. The lowest BCUT2D eigenvalue weighted by atomic mass is 10.4. The highest BCUT2D eigenvalue weighted by Crippen LogP contribution is 2.20. The van der Waals surface area contributed by atoms with Gasteiger partial charge in [-0.2, -0.15) is 4.31 Å². The molecule has 0 saturated heterocycles. The van der Waals surface area contributed by atoms with Gasteiger partial charge in [-0.15, -0.1) is 34.0 Å². The van der Waals surface area contributed by atoms with Gasteiger partial charge in [-0.3, -0.25) is 4.90 Å². The molecule has 0 atom stereocenters. The van der Waals surface area contributed by atoms with E-state index in [4.69, 9.17) is 0 Å². The first-order chi connectivity index (χ1) is 13.9. The third kappa shape index (κ3) is 7.28. The zero-order valence-electron chi connectivity index (χ0n) is 15.5. The zero-order chi connectivity index (χ0) is 20.7. The van der Waals surface area contributed by atoms with E-state index in [9.17, 15) is 16.8 Å². The highest BCUT2D eigenvalue weighted by molar-refractivity contribution is 7.89.